The molecule has 0 saturated heterocycles. The molecule has 0 aromatic rings. The Balaban J connectivity index is -0.0000000450. The van der Waals surface area contributed by atoms with Crippen molar-refractivity contribution in [2.75, 3.05) is 0 Å². The topological polar surface area (TPSA) is 60.7 Å². The normalized spacial score (nSPS) is 4.50. The molecule has 0 aromatic heterocycles. The number of hydrogen-bond donors (Lipinski definition) is 3. The van der Waals surface area contributed by atoms with Crippen LogP contribution in [-0.4, -0.2) is 60.1 Å². The standard InChI is InChI=1S/BH3O3.Ca.Y.2H/c2-1(3)4;;;;/h2-4H;;;;. The molecule has 0 unspecified atom stereocenters. The Morgan fingerprint density at radius 1 is 1.00 bits per heavy atom. The van der Waals surface area contributed by atoms with Crippen LogP contribution >= 0.6 is 0 Å². The first-order valence-electron chi connectivity index (χ1n) is 0.775. The summed E-state index contributed by atoms with van der Waals surface area (Å²) in [7, 11) is -2.17. The zero-order chi connectivity index (χ0) is 3.58. The monoisotopic (exact) mass is 193 g/mol. The van der Waals surface area contributed by atoms with Crippen LogP contribution in [0.5, 0.6) is 0 Å². The minimum Gasteiger partial charge on any atom is 0 e. The first-order valence-corrected chi connectivity index (χ1v) is 0.775. The van der Waals surface area contributed by atoms with E-state index in [1.807, 2.05) is 0 Å². The first-order chi connectivity index (χ1) is 1.73. The fraction of sp³-hybridized carbons (Fsp3) is 0. The van der Waals surface area contributed by atoms with E-state index in [1.54, 1.807) is 0 Å². The molecule has 6 heavy (non-hydrogen) atoms. The van der Waals surface area contributed by atoms with Crippen molar-refractivity contribution in [3.63, 3.8) is 0 Å². The van der Waals surface area contributed by atoms with Crippen LogP contribution in [0.1, 0.15) is 0 Å². The molecule has 0 bridgehead atoms. The molecule has 0 aliphatic rings. The summed E-state index contributed by atoms with van der Waals surface area (Å²) < 4.78 is 0. The summed E-state index contributed by atoms with van der Waals surface area (Å²) in [5, 5.41) is 21.5. The maximum atomic E-state index is 7.17. The molecule has 31 valence electrons. The van der Waals surface area contributed by atoms with E-state index in [9.17, 15) is 0 Å². The average Bonchev–Trinajstić information content (AvgIpc) is 0.811. The smallest absolute Gasteiger partial charge is 0 e. The third kappa shape index (κ3) is 33.4. The minimum atomic E-state index is -2.17. The molecule has 0 rings (SSSR count). The van der Waals surface area contributed by atoms with Crippen molar-refractivity contribution in [3.8, 4) is 0 Å². The summed E-state index contributed by atoms with van der Waals surface area (Å²) in [6.45, 7) is 0. The molecule has 6 heteroatoms. The van der Waals surface area contributed by atoms with E-state index in [4.69, 9.17) is 15.1 Å². The summed E-state index contributed by atoms with van der Waals surface area (Å²) in [6, 6.07) is 0. The summed E-state index contributed by atoms with van der Waals surface area (Å²) in [4.78, 5) is 0. The van der Waals surface area contributed by atoms with Crippen molar-refractivity contribution in [1.29, 1.82) is 0 Å². The van der Waals surface area contributed by atoms with Crippen molar-refractivity contribution >= 4 is 45.1 Å². The molecule has 0 amide bonds. The maximum Gasteiger partial charge on any atom is 0 e. The summed E-state index contributed by atoms with van der Waals surface area (Å²) in [6.07, 6.45) is 0. The van der Waals surface area contributed by atoms with Gasteiger partial charge in [0, 0.05) is 32.7 Å². The molecule has 0 aliphatic carbocycles. The zero-order valence-corrected chi connectivity index (χ0v) is 5.33. The largest absolute Gasteiger partial charge is 0 e. The Labute approximate surface area is 91.2 Å². The fourth-order valence-corrected chi connectivity index (χ4v) is 0. The Bertz CT molecular complexity index is 15.5. The van der Waals surface area contributed by atoms with Crippen LogP contribution in [0.25, 0.3) is 0 Å². The second-order valence-electron chi connectivity index (χ2n) is 0.346. The Kier molecular flexibility index (Phi) is 27.1. The van der Waals surface area contributed by atoms with E-state index in [-0.39, 0.29) is 70.4 Å². The van der Waals surface area contributed by atoms with Gasteiger partial charge in [0.25, 0.3) is 0 Å². The van der Waals surface area contributed by atoms with Crippen molar-refractivity contribution < 1.29 is 47.8 Å². The van der Waals surface area contributed by atoms with Gasteiger partial charge in [0.05, 0.1) is 0 Å². The molecule has 0 atom stereocenters. The van der Waals surface area contributed by atoms with E-state index >= 15 is 0 Å². The molecule has 0 fully saturated rings. The van der Waals surface area contributed by atoms with Gasteiger partial charge >= 0.3 is 45.1 Å². The second kappa shape index (κ2) is 10.3. The molecule has 3 N–H and O–H groups in total. The zero-order valence-electron chi connectivity index (χ0n) is 2.50. The Hall–Kier alpha value is 2.31. The van der Waals surface area contributed by atoms with E-state index in [1.165, 1.54) is 0 Å². The van der Waals surface area contributed by atoms with Gasteiger partial charge in [0.15, 0.2) is 0 Å². The summed E-state index contributed by atoms with van der Waals surface area (Å²) in [5.41, 5.74) is 0. The predicted octanol–water partition coefficient (Wildman–Crippen LogP) is -2.97. The van der Waals surface area contributed by atoms with Gasteiger partial charge in [-0.25, -0.2) is 0 Å². The predicted molar refractivity (Wildman–Crippen MR) is 21.0 cm³/mol. The fourth-order valence-electron chi connectivity index (χ4n) is 0. The van der Waals surface area contributed by atoms with Crippen LogP contribution in [0.4, 0.5) is 0 Å². The molecule has 1 radical (unpaired) electrons. The van der Waals surface area contributed by atoms with E-state index < -0.39 is 7.32 Å². The number of rotatable bonds is 0. The molecular formula is H5BCaO3Y. The van der Waals surface area contributed by atoms with Crippen LogP contribution in [0.15, 0.2) is 0 Å². The molecular weight excluding hydrogens is 188 g/mol. The Morgan fingerprint density at radius 2 is 1.00 bits per heavy atom. The van der Waals surface area contributed by atoms with Gasteiger partial charge in [0.2, 0.25) is 0 Å². The molecule has 0 aliphatic heterocycles. The van der Waals surface area contributed by atoms with Crippen LogP contribution < -0.4 is 0 Å². The van der Waals surface area contributed by atoms with Crippen molar-refractivity contribution in [2.24, 2.45) is 0 Å². The van der Waals surface area contributed by atoms with Gasteiger partial charge in [-0.05, 0) is 0 Å². The second-order valence-corrected chi connectivity index (χ2v) is 0.346. The van der Waals surface area contributed by atoms with Gasteiger partial charge < -0.3 is 15.1 Å². The van der Waals surface area contributed by atoms with Crippen molar-refractivity contribution in [2.45, 2.75) is 0 Å². The first kappa shape index (κ1) is 15.7. The van der Waals surface area contributed by atoms with Gasteiger partial charge in [-0.1, -0.05) is 0 Å². The molecule has 0 heterocycles. The van der Waals surface area contributed by atoms with Gasteiger partial charge in [0.1, 0.15) is 0 Å². The number of hydrogen-bond acceptors (Lipinski definition) is 3. The van der Waals surface area contributed by atoms with Crippen LogP contribution in [0.3, 0.4) is 0 Å². The van der Waals surface area contributed by atoms with E-state index in [0.29, 0.717) is 0 Å². The van der Waals surface area contributed by atoms with E-state index in [2.05, 4.69) is 0 Å². The van der Waals surface area contributed by atoms with Crippen LogP contribution in [0.2, 0.25) is 0 Å². The quantitative estimate of drug-likeness (QED) is 0.360. The van der Waals surface area contributed by atoms with Crippen LogP contribution in [0, 0.1) is 0 Å². The average molecular weight is 193 g/mol. The molecule has 0 saturated carbocycles. The maximum absolute atomic E-state index is 7.17. The van der Waals surface area contributed by atoms with E-state index in [0.717, 1.165) is 0 Å². The van der Waals surface area contributed by atoms with Crippen molar-refractivity contribution in [1.82, 2.24) is 0 Å². The summed E-state index contributed by atoms with van der Waals surface area (Å²) >= 11 is 0. The summed E-state index contributed by atoms with van der Waals surface area (Å²) in [5.74, 6) is 0. The van der Waals surface area contributed by atoms with Crippen LogP contribution in [-0.2, 0) is 32.7 Å². The molecule has 3 nitrogen and oxygen atoms in total. The van der Waals surface area contributed by atoms with Crippen molar-refractivity contribution in [3.05, 3.63) is 0 Å². The minimum absolute atomic E-state index is 0. The van der Waals surface area contributed by atoms with Gasteiger partial charge in [-0.3, -0.25) is 0 Å². The molecule has 0 spiro atoms. The third-order valence-corrected chi connectivity index (χ3v) is 0. The SMILES string of the molecule is OB(O)O.[CaH2].[Y]. The van der Waals surface area contributed by atoms with Gasteiger partial charge in [-0.2, -0.15) is 0 Å². The third-order valence-electron chi connectivity index (χ3n) is 0. The Morgan fingerprint density at radius 3 is 1.00 bits per heavy atom. The van der Waals surface area contributed by atoms with Gasteiger partial charge in [-0.15, -0.1) is 0 Å². The molecule has 0 aromatic carbocycles.